The zero-order valence-corrected chi connectivity index (χ0v) is 6.95. The van der Waals surface area contributed by atoms with Crippen molar-refractivity contribution < 1.29 is 13.2 Å². The van der Waals surface area contributed by atoms with Crippen LogP contribution in [-0.4, -0.2) is 10.2 Å². The normalized spacial score (nSPS) is 11.4. The van der Waals surface area contributed by atoms with Gasteiger partial charge in [-0.3, -0.25) is 10.4 Å². The predicted octanol–water partition coefficient (Wildman–Crippen LogP) is 2.66. The Labute approximate surface area is 76.9 Å². The second kappa shape index (κ2) is 3.33. The molecule has 0 spiro atoms. The lowest BCUT2D eigenvalue weighted by atomic mass is 10.2. The highest BCUT2D eigenvalue weighted by Crippen LogP contribution is 2.27. The molecule has 0 aliphatic rings. The first-order valence-electron chi connectivity index (χ1n) is 3.19. The number of aromatic nitrogens is 1. The van der Waals surface area contributed by atoms with Gasteiger partial charge in [-0.15, -0.1) is 0 Å². The van der Waals surface area contributed by atoms with Crippen LogP contribution in [0, 0.1) is 5.41 Å². The first-order chi connectivity index (χ1) is 5.91. The molecule has 1 N–H and O–H groups in total. The van der Waals surface area contributed by atoms with E-state index in [2.05, 4.69) is 4.98 Å². The molecule has 0 unspecified atom stereocenters. The van der Waals surface area contributed by atoms with Crippen LogP contribution in [0.2, 0.25) is 0 Å². The quantitative estimate of drug-likeness (QED) is 0.708. The van der Waals surface area contributed by atoms with Crippen LogP contribution in [0.5, 0.6) is 0 Å². The number of nitrogens with one attached hydrogen (secondary N) is 1. The average Bonchev–Trinajstić information content (AvgIpc) is 2.03. The van der Waals surface area contributed by atoms with Crippen molar-refractivity contribution in [1.82, 2.24) is 4.98 Å². The molecule has 0 saturated carbocycles. The third-order valence-corrected chi connectivity index (χ3v) is 1.53. The molecule has 2 nitrogen and oxygen atoms in total. The first kappa shape index (κ1) is 9.98. The Morgan fingerprint density at radius 2 is 2.00 bits per heavy atom. The molecule has 0 aliphatic heterocycles. The third kappa shape index (κ3) is 2.42. The van der Waals surface area contributed by atoms with Crippen LogP contribution in [0.1, 0.15) is 11.3 Å². The van der Waals surface area contributed by atoms with E-state index < -0.39 is 11.9 Å². The fraction of sp³-hybridized carbons (Fsp3) is 0.143. The third-order valence-electron chi connectivity index (χ3n) is 1.31. The van der Waals surface area contributed by atoms with Gasteiger partial charge in [-0.1, -0.05) is 11.6 Å². The maximum Gasteiger partial charge on any atom is 0.433 e. The molecule has 1 rings (SSSR count). The van der Waals surface area contributed by atoms with Crippen molar-refractivity contribution in [2.75, 3.05) is 0 Å². The van der Waals surface area contributed by atoms with Gasteiger partial charge in [0.1, 0.15) is 10.9 Å². The lowest BCUT2D eigenvalue weighted by Gasteiger charge is -2.04. The molecular weight excluding hydrogens is 205 g/mol. The average molecular weight is 209 g/mol. The first-order valence-corrected chi connectivity index (χ1v) is 3.57. The van der Waals surface area contributed by atoms with Gasteiger partial charge < -0.3 is 0 Å². The number of pyridine rings is 1. The molecule has 0 radical (unpaired) electrons. The molecule has 13 heavy (non-hydrogen) atoms. The van der Waals surface area contributed by atoms with Crippen molar-refractivity contribution in [3.8, 4) is 0 Å². The zero-order chi connectivity index (χ0) is 10.1. The van der Waals surface area contributed by atoms with Crippen LogP contribution in [-0.2, 0) is 6.18 Å². The van der Waals surface area contributed by atoms with Gasteiger partial charge >= 0.3 is 6.18 Å². The monoisotopic (exact) mass is 208 g/mol. The Morgan fingerprint density at radius 3 is 2.31 bits per heavy atom. The van der Waals surface area contributed by atoms with Gasteiger partial charge in [0.2, 0.25) is 0 Å². The van der Waals surface area contributed by atoms with Crippen molar-refractivity contribution in [1.29, 1.82) is 5.41 Å². The van der Waals surface area contributed by atoms with Crippen molar-refractivity contribution in [3.05, 3.63) is 29.6 Å². The van der Waals surface area contributed by atoms with E-state index in [4.69, 9.17) is 17.0 Å². The minimum Gasteiger partial charge on any atom is -0.289 e. The number of halogens is 4. The van der Waals surface area contributed by atoms with Gasteiger partial charge in [0.05, 0.1) is 0 Å². The number of rotatable bonds is 1. The van der Waals surface area contributed by atoms with Gasteiger partial charge in [0, 0.05) is 11.8 Å². The lowest BCUT2D eigenvalue weighted by molar-refractivity contribution is -0.141. The van der Waals surface area contributed by atoms with Crippen molar-refractivity contribution in [2.24, 2.45) is 0 Å². The van der Waals surface area contributed by atoms with E-state index >= 15 is 0 Å². The summed E-state index contributed by atoms with van der Waals surface area (Å²) in [5.41, 5.74) is -0.830. The Morgan fingerprint density at radius 1 is 1.38 bits per heavy atom. The summed E-state index contributed by atoms with van der Waals surface area (Å²) in [6, 6.07) is 1.89. The molecule has 0 atom stereocenters. The molecule has 6 heteroatoms. The SMILES string of the molecule is N=C(Cl)c1ccc(C(F)(F)F)nc1. The molecule has 0 aromatic carbocycles. The summed E-state index contributed by atoms with van der Waals surface area (Å²) in [5, 5.41) is 6.57. The van der Waals surface area contributed by atoms with E-state index in [1.54, 1.807) is 0 Å². The fourth-order valence-electron chi connectivity index (χ4n) is 0.691. The van der Waals surface area contributed by atoms with Gasteiger partial charge in [-0.2, -0.15) is 13.2 Å². The van der Waals surface area contributed by atoms with Gasteiger partial charge in [-0.05, 0) is 12.1 Å². The van der Waals surface area contributed by atoms with E-state index in [9.17, 15) is 13.2 Å². The molecule has 0 bridgehead atoms. The summed E-state index contributed by atoms with van der Waals surface area (Å²) < 4.78 is 35.9. The summed E-state index contributed by atoms with van der Waals surface area (Å²) in [6.45, 7) is 0. The summed E-state index contributed by atoms with van der Waals surface area (Å²) in [5.74, 6) is 0. The lowest BCUT2D eigenvalue weighted by Crippen LogP contribution is -2.08. The van der Waals surface area contributed by atoms with Crippen molar-refractivity contribution >= 4 is 16.8 Å². The fourth-order valence-corrected chi connectivity index (χ4v) is 0.803. The minimum atomic E-state index is -4.45. The predicted molar refractivity (Wildman–Crippen MR) is 41.9 cm³/mol. The Kier molecular flexibility index (Phi) is 2.56. The molecule has 0 saturated heterocycles. The van der Waals surface area contributed by atoms with Crippen molar-refractivity contribution in [3.63, 3.8) is 0 Å². The van der Waals surface area contributed by atoms with Gasteiger partial charge in [0.15, 0.2) is 0 Å². The molecule has 1 aromatic rings. The van der Waals surface area contributed by atoms with Gasteiger partial charge in [-0.25, -0.2) is 0 Å². The van der Waals surface area contributed by atoms with E-state index in [-0.39, 0.29) is 10.7 Å². The van der Waals surface area contributed by atoms with Crippen LogP contribution < -0.4 is 0 Å². The Hall–Kier alpha value is -1.10. The maximum absolute atomic E-state index is 12.0. The Balaban J connectivity index is 3.01. The largest absolute Gasteiger partial charge is 0.433 e. The summed E-state index contributed by atoms with van der Waals surface area (Å²) in [4.78, 5) is 3.12. The second-order valence-electron chi connectivity index (χ2n) is 2.24. The maximum atomic E-state index is 12.0. The number of nitrogens with zero attached hydrogens (tertiary/aromatic N) is 1. The number of alkyl halides is 3. The van der Waals surface area contributed by atoms with Crippen LogP contribution in [0.25, 0.3) is 0 Å². The summed E-state index contributed by atoms with van der Waals surface area (Å²) in [6.07, 6.45) is -3.54. The van der Waals surface area contributed by atoms with E-state index in [1.807, 2.05) is 0 Å². The number of hydrogen-bond acceptors (Lipinski definition) is 2. The molecule has 1 aromatic heterocycles. The summed E-state index contributed by atoms with van der Waals surface area (Å²) in [7, 11) is 0. The van der Waals surface area contributed by atoms with Crippen LogP contribution >= 0.6 is 11.6 Å². The molecule has 1 heterocycles. The molecule has 0 amide bonds. The smallest absolute Gasteiger partial charge is 0.289 e. The molecular formula is C7H4ClF3N2. The molecule has 0 aliphatic carbocycles. The minimum absolute atomic E-state index is 0.162. The molecule has 0 fully saturated rings. The molecule has 70 valence electrons. The van der Waals surface area contributed by atoms with Crippen LogP contribution in [0.15, 0.2) is 18.3 Å². The van der Waals surface area contributed by atoms with E-state index in [0.29, 0.717) is 0 Å². The van der Waals surface area contributed by atoms with E-state index in [1.165, 1.54) is 0 Å². The summed E-state index contributed by atoms with van der Waals surface area (Å²) >= 11 is 5.23. The van der Waals surface area contributed by atoms with Crippen molar-refractivity contribution in [2.45, 2.75) is 6.18 Å². The number of hydrogen-bond donors (Lipinski definition) is 1. The van der Waals surface area contributed by atoms with Crippen LogP contribution in [0.3, 0.4) is 0 Å². The zero-order valence-electron chi connectivity index (χ0n) is 6.19. The van der Waals surface area contributed by atoms with E-state index in [0.717, 1.165) is 18.3 Å². The highest BCUT2D eigenvalue weighted by molar-refractivity contribution is 6.68. The Bertz CT molecular complexity index is 318. The highest BCUT2D eigenvalue weighted by Gasteiger charge is 2.32. The topological polar surface area (TPSA) is 36.7 Å². The van der Waals surface area contributed by atoms with Gasteiger partial charge in [0.25, 0.3) is 0 Å². The standard InChI is InChI=1S/C7H4ClF3N2/c8-6(12)4-1-2-5(13-3-4)7(9,10)11/h1-3,12H. The highest BCUT2D eigenvalue weighted by atomic mass is 35.5. The second-order valence-corrected chi connectivity index (χ2v) is 2.62. The van der Waals surface area contributed by atoms with Crippen LogP contribution in [0.4, 0.5) is 13.2 Å².